The highest BCUT2D eigenvalue weighted by atomic mass is 16.3. The number of hydrogen-bond acceptors (Lipinski definition) is 5. The van der Waals surface area contributed by atoms with Crippen LogP contribution in [0.3, 0.4) is 0 Å². The minimum absolute atomic E-state index is 0.414. The third-order valence-electron chi connectivity index (χ3n) is 1.79. The summed E-state index contributed by atoms with van der Waals surface area (Å²) in [5, 5.41) is 12.1. The summed E-state index contributed by atoms with van der Waals surface area (Å²) < 4.78 is 0. The van der Waals surface area contributed by atoms with E-state index in [-0.39, 0.29) is 0 Å². The second kappa shape index (κ2) is 3.59. The number of aromatic amines is 1. The van der Waals surface area contributed by atoms with Gasteiger partial charge in [0.25, 0.3) is 0 Å². The molecule has 0 unspecified atom stereocenters. The number of nitrogens with one attached hydrogen (secondary N) is 2. The van der Waals surface area contributed by atoms with Crippen LogP contribution < -0.4 is 5.32 Å². The molecule has 2 aromatic rings. The van der Waals surface area contributed by atoms with Crippen molar-refractivity contribution in [2.45, 2.75) is 13.0 Å². The Morgan fingerprint density at radius 1 is 1.50 bits per heavy atom. The molecule has 0 aliphatic heterocycles. The van der Waals surface area contributed by atoms with Crippen molar-refractivity contribution in [3.63, 3.8) is 0 Å². The Labute approximate surface area is 80.4 Å². The fourth-order valence-electron chi connectivity index (χ4n) is 1.14. The number of fused-ring (bicyclic) bond motifs is 1. The third-order valence-corrected chi connectivity index (χ3v) is 1.79. The van der Waals surface area contributed by atoms with Crippen LogP contribution in [-0.4, -0.2) is 37.7 Å². The normalized spacial score (nSPS) is 13.0. The van der Waals surface area contributed by atoms with Crippen molar-refractivity contribution in [3.8, 4) is 0 Å². The average Bonchev–Trinajstić information content (AvgIpc) is 2.62. The number of aliphatic hydroxyl groups is 1. The van der Waals surface area contributed by atoms with Gasteiger partial charge in [-0.2, -0.15) is 0 Å². The van der Waals surface area contributed by atoms with Crippen molar-refractivity contribution < 1.29 is 5.11 Å². The van der Waals surface area contributed by atoms with Crippen molar-refractivity contribution in [2.24, 2.45) is 0 Å². The van der Waals surface area contributed by atoms with E-state index in [1.807, 2.05) is 0 Å². The molecule has 2 heterocycles. The molecule has 3 N–H and O–H groups in total. The van der Waals surface area contributed by atoms with Crippen LogP contribution in [0, 0.1) is 0 Å². The summed E-state index contributed by atoms with van der Waals surface area (Å²) in [6, 6.07) is 0. The number of aromatic nitrogens is 4. The largest absolute Gasteiger partial charge is 0.392 e. The van der Waals surface area contributed by atoms with Crippen molar-refractivity contribution >= 4 is 17.0 Å². The first kappa shape index (κ1) is 8.89. The van der Waals surface area contributed by atoms with Gasteiger partial charge in [0, 0.05) is 6.54 Å². The fourth-order valence-corrected chi connectivity index (χ4v) is 1.14. The van der Waals surface area contributed by atoms with Gasteiger partial charge in [-0.15, -0.1) is 0 Å². The van der Waals surface area contributed by atoms with Crippen LogP contribution in [-0.2, 0) is 0 Å². The summed E-state index contributed by atoms with van der Waals surface area (Å²) in [7, 11) is 0. The maximum absolute atomic E-state index is 9.10. The maximum Gasteiger partial charge on any atom is 0.182 e. The van der Waals surface area contributed by atoms with Gasteiger partial charge in [0.1, 0.15) is 11.8 Å². The van der Waals surface area contributed by atoms with Crippen LogP contribution in [0.4, 0.5) is 5.82 Å². The molecule has 0 fully saturated rings. The number of hydrogen-bond donors (Lipinski definition) is 3. The van der Waals surface area contributed by atoms with E-state index < -0.39 is 6.10 Å². The molecular weight excluding hydrogens is 182 g/mol. The van der Waals surface area contributed by atoms with Crippen molar-refractivity contribution in [1.82, 2.24) is 19.9 Å². The second-order valence-electron chi connectivity index (χ2n) is 3.05. The Balaban J connectivity index is 2.27. The Hall–Kier alpha value is -1.69. The number of nitrogens with zero attached hydrogens (tertiary/aromatic N) is 3. The summed E-state index contributed by atoms with van der Waals surface area (Å²) in [4.78, 5) is 14.9. The van der Waals surface area contributed by atoms with Crippen LogP contribution in [0.15, 0.2) is 12.7 Å². The molecule has 6 nitrogen and oxygen atoms in total. The van der Waals surface area contributed by atoms with Gasteiger partial charge in [0.15, 0.2) is 11.5 Å². The number of H-pyrrole nitrogens is 1. The molecule has 0 aliphatic carbocycles. The summed E-state index contributed by atoms with van der Waals surface area (Å²) >= 11 is 0. The molecule has 0 spiro atoms. The van der Waals surface area contributed by atoms with E-state index >= 15 is 0 Å². The number of rotatable bonds is 3. The van der Waals surface area contributed by atoms with Crippen LogP contribution in [0.1, 0.15) is 6.92 Å². The first-order chi connectivity index (χ1) is 6.77. The minimum Gasteiger partial charge on any atom is -0.392 e. The monoisotopic (exact) mass is 193 g/mol. The van der Waals surface area contributed by atoms with Crippen LogP contribution in [0.25, 0.3) is 11.2 Å². The van der Waals surface area contributed by atoms with Crippen LogP contribution in [0.2, 0.25) is 0 Å². The fraction of sp³-hybridized carbons (Fsp3) is 0.375. The summed E-state index contributed by atoms with van der Waals surface area (Å²) in [6.07, 6.45) is 2.59. The summed E-state index contributed by atoms with van der Waals surface area (Å²) in [6.45, 7) is 2.16. The van der Waals surface area contributed by atoms with Gasteiger partial charge in [0.2, 0.25) is 0 Å². The predicted octanol–water partition coefficient (Wildman–Crippen LogP) is 0.146. The first-order valence-electron chi connectivity index (χ1n) is 4.33. The molecule has 6 heteroatoms. The maximum atomic E-state index is 9.10. The SMILES string of the molecule is C[C@H](O)CNc1ncnc2nc[nH]c12. The van der Waals surface area contributed by atoms with Gasteiger partial charge in [-0.25, -0.2) is 15.0 Å². The minimum atomic E-state index is -0.414. The quantitative estimate of drug-likeness (QED) is 0.645. The molecule has 74 valence electrons. The van der Waals surface area contributed by atoms with Gasteiger partial charge < -0.3 is 15.4 Å². The van der Waals surface area contributed by atoms with E-state index in [0.29, 0.717) is 18.0 Å². The molecule has 0 aliphatic rings. The highest BCUT2D eigenvalue weighted by Gasteiger charge is 2.05. The molecule has 2 rings (SSSR count). The lowest BCUT2D eigenvalue weighted by molar-refractivity contribution is 0.208. The van der Waals surface area contributed by atoms with Gasteiger partial charge in [0.05, 0.1) is 12.4 Å². The Morgan fingerprint density at radius 2 is 2.36 bits per heavy atom. The number of anilines is 1. The second-order valence-corrected chi connectivity index (χ2v) is 3.05. The molecule has 0 amide bonds. The zero-order chi connectivity index (χ0) is 9.97. The molecular formula is C8H11N5O. The average molecular weight is 193 g/mol. The zero-order valence-corrected chi connectivity index (χ0v) is 7.73. The van der Waals surface area contributed by atoms with E-state index in [1.165, 1.54) is 6.33 Å². The Kier molecular flexibility index (Phi) is 2.28. The topological polar surface area (TPSA) is 86.7 Å². The molecule has 0 radical (unpaired) electrons. The van der Waals surface area contributed by atoms with E-state index in [2.05, 4.69) is 25.3 Å². The standard InChI is InChI=1S/C8H11N5O/c1-5(14)2-9-7-6-8(11-3-10-6)13-4-12-7/h3-5,14H,2H2,1H3,(H2,9,10,11,12,13)/t5-/m0/s1. The molecule has 14 heavy (non-hydrogen) atoms. The van der Waals surface area contributed by atoms with Crippen molar-refractivity contribution in [2.75, 3.05) is 11.9 Å². The highest BCUT2D eigenvalue weighted by molar-refractivity contribution is 5.81. The van der Waals surface area contributed by atoms with E-state index in [1.54, 1.807) is 13.3 Å². The highest BCUT2D eigenvalue weighted by Crippen LogP contribution is 2.13. The lowest BCUT2D eigenvalue weighted by Crippen LogP contribution is -2.16. The van der Waals surface area contributed by atoms with Crippen molar-refractivity contribution in [3.05, 3.63) is 12.7 Å². The first-order valence-corrected chi connectivity index (χ1v) is 4.33. The lowest BCUT2D eigenvalue weighted by atomic mass is 10.4. The molecule has 0 saturated heterocycles. The van der Waals surface area contributed by atoms with E-state index in [4.69, 9.17) is 5.11 Å². The zero-order valence-electron chi connectivity index (χ0n) is 7.73. The van der Waals surface area contributed by atoms with Crippen molar-refractivity contribution in [1.29, 1.82) is 0 Å². The Bertz CT molecular complexity index is 424. The van der Waals surface area contributed by atoms with Gasteiger partial charge >= 0.3 is 0 Å². The summed E-state index contributed by atoms with van der Waals surface area (Å²) in [5.74, 6) is 0.661. The molecule has 0 aromatic carbocycles. The van der Waals surface area contributed by atoms with Crippen LogP contribution in [0.5, 0.6) is 0 Å². The Morgan fingerprint density at radius 3 is 3.14 bits per heavy atom. The van der Waals surface area contributed by atoms with Gasteiger partial charge in [-0.05, 0) is 6.92 Å². The summed E-state index contributed by atoms with van der Waals surface area (Å²) in [5.41, 5.74) is 1.38. The van der Waals surface area contributed by atoms with E-state index in [9.17, 15) is 0 Å². The lowest BCUT2D eigenvalue weighted by Gasteiger charge is -2.07. The predicted molar refractivity (Wildman–Crippen MR) is 51.9 cm³/mol. The molecule has 0 saturated carbocycles. The smallest absolute Gasteiger partial charge is 0.182 e. The van der Waals surface area contributed by atoms with Gasteiger partial charge in [-0.1, -0.05) is 0 Å². The van der Waals surface area contributed by atoms with Crippen LogP contribution >= 0.6 is 0 Å². The number of imidazole rings is 1. The molecule has 2 aromatic heterocycles. The van der Waals surface area contributed by atoms with E-state index in [0.717, 1.165) is 5.52 Å². The van der Waals surface area contributed by atoms with Gasteiger partial charge in [-0.3, -0.25) is 0 Å². The number of aliphatic hydroxyl groups excluding tert-OH is 1. The third kappa shape index (κ3) is 1.64. The molecule has 1 atom stereocenters. The molecule has 0 bridgehead atoms.